The summed E-state index contributed by atoms with van der Waals surface area (Å²) in [4.78, 5) is 26.7. The first-order valence-corrected chi connectivity index (χ1v) is 26.9. The van der Waals surface area contributed by atoms with Crippen molar-refractivity contribution >= 4 is 21.7 Å². The average Bonchev–Trinajstić information content (AvgIpc) is 3.17. The molecule has 0 rings (SSSR count). The largest absolute Gasteiger partial charge is 0.299 e. The molecule has 6 heteroatoms. The Balaban J connectivity index is 3.92. The van der Waals surface area contributed by atoms with E-state index in [1.165, 1.54) is 218 Å². The molecule has 0 bridgehead atoms. The lowest BCUT2D eigenvalue weighted by atomic mass is 9.78. The number of carbonyl (C=O) groups is 2. The van der Waals surface area contributed by atoms with Gasteiger partial charge in [-0.3, -0.25) is 13.8 Å². The normalized spacial score (nSPS) is 12.1. The molecule has 0 saturated heterocycles. The van der Waals surface area contributed by atoms with Gasteiger partial charge in [-0.05, 0) is 19.8 Å². The molecular weight excluding hydrogens is 713 g/mol. The van der Waals surface area contributed by atoms with Crippen LogP contribution in [0, 0.1) is 5.41 Å². The van der Waals surface area contributed by atoms with Gasteiger partial charge in [0.1, 0.15) is 17.0 Å². The van der Waals surface area contributed by atoms with Gasteiger partial charge < -0.3 is 0 Å². The van der Waals surface area contributed by atoms with Crippen molar-refractivity contribution in [1.82, 2.24) is 0 Å². The minimum Gasteiger partial charge on any atom is -0.299 e. The molecule has 0 unspecified atom stereocenters. The van der Waals surface area contributed by atoms with Gasteiger partial charge in [0, 0.05) is 12.8 Å². The van der Waals surface area contributed by atoms with E-state index in [4.69, 9.17) is 4.18 Å². The molecule has 0 spiro atoms. The van der Waals surface area contributed by atoms with Crippen molar-refractivity contribution in [3.63, 3.8) is 0 Å². The summed E-state index contributed by atoms with van der Waals surface area (Å²) in [6, 6.07) is 0. The van der Waals surface area contributed by atoms with E-state index in [1.807, 2.05) is 0 Å². The maximum atomic E-state index is 13.3. The van der Waals surface area contributed by atoms with Crippen LogP contribution < -0.4 is 0 Å². The monoisotopic (exact) mass is 811 g/mol. The van der Waals surface area contributed by atoms with E-state index in [0.717, 1.165) is 44.8 Å². The highest BCUT2D eigenvalue weighted by atomic mass is 32.2. The molecule has 0 saturated carbocycles. The van der Waals surface area contributed by atoms with Crippen LogP contribution in [0.15, 0.2) is 0 Å². The molecule has 0 radical (unpaired) electrons. The molecule has 0 aliphatic heterocycles. The Kier molecular flexibility index (Phi) is 40.5. The molecule has 0 aliphatic rings. The van der Waals surface area contributed by atoms with Gasteiger partial charge in [0.05, 0.1) is 12.9 Å². The number of carbonyl (C=O) groups excluding carboxylic acids is 2. The Hall–Kier alpha value is -0.750. The highest BCUT2D eigenvalue weighted by Gasteiger charge is 2.40. The van der Waals surface area contributed by atoms with E-state index in [1.54, 1.807) is 6.92 Å². The number of ketones is 2. The highest BCUT2D eigenvalue weighted by Crippen LogP contribution is 2.27. The van der Waals surface area contributed by atoms with Gasteiger partial charge in [0.25, 0.3) is 10.1 Å². The molecule has 0 aromatic heterocycles. The van der Waals surface area contributed by atoms with Crippen LogP contribution in [-0.2, 0) is 23.9 Å². The van der Waals surface area contributed by atoms with Crippen LogP contribution in [0.2, 0.25) is 0 Å². The smallest absolute Gasteiger partial charge is 0.264 e. The van der Waals surface area contributed by atoms with Crippen LogP contribution in [0.5, 0.6) is 0 Å². The number of Topliss-reactive ketones (excluding diaryl/α,β-unsaturated/α-hetero) is 2. The van der Waals surface area contributed by atoms with Crippen molar-refractivity contribution in [2.24, 2.45) is 5.41 Å². The lowest BCUT2D eigenvalue weighted by molar-refractivity contribution is -0.141. The number of rotatable bonds is 47. The molecule has 56 heavy (non-hydrogen) atoms. The molecular formula is C50H98O5S. The molecule has 0 aromatic rings. The van der Waals surface area contributed by atoms with Crippen LogP contribution in [0.1, 0.15) is 290 Å². The lowest BCUT2D eigenvalue weighted by Gasteiger charge is -2.26. The summed E-state index contributed by atoms with van der Waals surface area (Å²) in [5.41, 5.74) is -1.38. The first kappa shape index (κ1) is 55.2. The molecule has 5 nitrogen and oxygen atoms in total. The predicted octanol–water partition coefficient (Wildman–Crippen LogP) is 16.5. The lowest BCUT2D eigenvalue weighted by Crippen LogP contribution is -2.41. The second kappa shape index (κ2) is 41.0. The van der Waals surface area contributed by atoms with Gasteiger partial charge in [-0.15, -0.1) is 0 Å². The average molecular weight is 811 g/mol. The van der Waals surface area contributed by atoms with E-state index < -0.39 is 15.5 Å². The second-order valence-electron chi connectivity index (χ2n) is 18.1. The van der Waals surface area contributed by atoms with Crippen molar-refractivity contribution in [3.8, 4) is 0 Å². The summed E-state index contributed by atoms with van der Waals surface area (Å²) < 4.78 is 28.6. The summed E-state index contributed by atoms with van der Waals surface area (Å²) >= 11 is 0. The third-order valence-corrected chi connectivity index (χ3v) is 12.9. The van der Waals surface area contributed by atoms with Crippen molar-refractivity contribution in [1.29, 1.82) is 0 Å². The molecule has 0 atom stereocenters. The second-order valence-corrected chi connectivity index (χ2v) is 19.7. The van der Waals surface area contributed by atoms with Gasteiger partial charge in [-0.25, -0.2) is 0 Å². The molecule has 0 amide bonds. The Morgan fingerprint density at radius 3 is 0.714 bits per heavy atom. The topological polar surface area (TPSA) is 77.5 Å². The fourth-order valence-electron chi connectivity index (χ4n) is 8.17. The fraction of sp³-hybridized carbons (Fsp3) is 0.960. The number of unbranched alkanes of at least 4 members (excludes halogenated alkanes) is 38. The summed E-state index contributed by atoms with van der Waals surface area (Å²) in [5, 5.41) is 0. The van der Waals surface area contributed by atoms with Crippen molar-refractivity contribution in [3.05, 3.63) is 0 Å². The molecule has 0 aromatic carbocycles. The molecule has 0 N–H and O–H groups in total. The van der Waals surface area contributed by atoms with E-state index in [9.17, 15) is 18.0 Å². The zero-order valence-electron chi connectivity index (χ0n) is 38.4. The van der Waals surface area contributed by atoms with E-state index in [0.29, 0.717) is 12.8 Å². The van der Waals surface area contributed by atoms with Gasteiger partial charge in [-0.1, -0.05) is 258 Å². The summed E-state index contributed by atoms with van der Waals surface area (Å²) in [6.07, 6.45) is 53.9. The summed E-state index contributed by atoms with van der Waals surface area (Å²) in [7, 11) is -3.74. The Labute approximate surface area is 351 Å². The van der Waals surface area contributed by atoms with Crippen LogP contribution in [0.4, 0.5) is 0 Å². The Morgan fingerprint density at radius 2 is 0.536 bits per heavy atom. The first-order valence-electron chi connectivity index (χ1n) is 25.1. The summed E-state index contributed by atoms with van der Waals surface area (Å²) in [5.74, 6) is -0.330. The van der Waals surface area contributed by atoms with Gasteiger partial charge >= 0.3 is 0 Å². The first-order chi connectivity index (χ1) is 27.2. The third-order valence-electron chi connectivity index (χ3n) is 12.3. The van der Waals surface area contributed by atoms with Gasteiger partial charge in [-0.2, -0.15) is 8.42 Å². The zero-order valence-corrected chi connectivity index (χ0v) is 39.2. The number of hydrogen-bond donors (Lipinski definition) is 0. The van der Waals surface area contributed by atoms with Gasteiger partial charge in [0.2, 0.25) is 0 Å². The minimum atomic E-state index is -3.74. The van der Waals surface area contributed by atoms with E-state index in [2.05, 4.69) is 13.8 Å². The van der Waals surface area contributed by atoms with Crippen molar-refractivity contribution in [2.45, 2.75) is 290 Å². The molecule has 334 valence electrons. The maximum Gasteiger partial charge on any atom is 0.264 e. The van der Waals surface area contributed by atoms with Crippen LogP contribution in [0.25, 0.3) is 0 Å². The zero-order chi connectivity index (χ0) is 41.3. The Morgan fingerprint density at radius 1 is 0.357 bits per heavy atom. The van der Waals surface area contributed by atoms with Crippen LogP contribution in [-0.4, -0.2) is 32.8 Å². The van der Waals surface area contributed by atoms with E-state index >= 15 is 0 Å². The third kappa shape index (κ3) is 37.5. The van der Waals surface area contributed by atoms with Crippen molar-refractivity contribution < 1.29 is 22.2 Å². The molecule has 0 fully saturated rings. The molecule has 0 heterocycles. The highest BCUT2D eigenvalue weighted by molar-refractivity contribution is 7.86. The quantitative estimate of drug-likeness (QED) is 0.0347. The van der Waals surface area contributed by atoms with Crippen LogP contribution in [0.3, 0.4) is 0 Å². The van der Waals surface area contributed by atoms with E-state index in [-0.39, 0.29) is 18.2 Å². The SMILES string of the molecule is CCCCCCCCCCCCCCCCCCCCCCC(=O)C(C)(COS(C)(=O)=O)C(=O)CCCCCCCCCCCCCCCCCCCCCC. The predicted molar refractivity (Wildman–Crippen MR) is 244 cm³/mol. The summed E-state index contributed by atoms with van der Waals surface area (Å²) in [6.45, 7) is 5.80. The van der Waals surface area contributed by atoms with Crippen molar-refractivity contribution in [2.75, 3.05) is 12.9 Å². The minimum absolute atomic E-state index is 0.165. The van der Waals surface area contributed by atoms with Gasteiger partial charge in [0.15, 0.2) is 0 Å². The fourth-order valence-corrected chi connectivity index (χ4v) is 8.62. The molecule has 0 aliphatic carbocycles. The maximum absolute atomic E-state index is 13.3. The number of hydrogen-bond acceptors (Lipinski definition) is 5. The Bertz CT molecular complexity index is 904. The van der Waals surface area contributed by atoms with Crippen LogP contribution >= 0.6 is 0 Å². The standard InChI is InChI=1S/C50H98O5S/c1-5-7-9-11-13-15-17-19-21-23-25-27-29-31-33-35-37-39-41-43-45-48(51)50(3,47-55-56(4,53)54)49(52)46-44-42-40-38-36-34-32-30-28-26-24-22-20-18-16-14-12-10-8-6-2/h5-47H2,1-4H3.